The number of aliphatic carboxylic acids is 1. The summed E-state index contributed by atoms with van der Waals surface area (Å²) >= 11 is 0. The van der Waals surface area contributed by atoms with Crippen molar-refractivity contribution in [2.75, 3.05) is 13.2 Å². The van der Waals surface area contributed by atoms with E-state index in [4.69, 9.17) is 9.84 Å². The van der Waals surface area contributed by atoms with E-state index >= 15 is 0 Å². The maximum Gasteiger partial charge on any atom is 0.303 e. The van der Waals surface area contributed by atoms with Crippen LogP contribution in [0.1, 0.15) is 42.7 Å². The molecule has 7 nitrogen and oxygen atoms in total. The van der Waals surface area contributed by atoms with Gasteiger partial charge in [-0.05, 0) is 48.9 Å². The van der Waals surface area contributed by atoms with Gasteiger partial charge < -0.3 is 20.1 Å². The van der Waals surface area contributed by atoms with Gasteiger partial charge in [-0.15, -0.1) is 0 Å². The van der Waals surface area contributed by atoms with Crippen LogP contribution >= 0.6 is 0 Å². The van der Waals surface area contributed by atoms with Crippen molar-refractivity contribution in [3.8, 4) is 28.3 Å². The van der Waals surface area contributed by atoms with Gasteiger partial charge in [-0.25, -0.2) is 0 Å². The number of carbonyl (C=O) groups is 2. The van der Waals surface area contributed by atoms with Crippen LogP contribution in [0.4, 0.5) is 0 Å². The number of H-pyrrole nitrogens is 1. The van der Waals surface area contributed by atoms with Gasteiger partial charge in [-0.3, -0.25) is 14.6 Å². The zero-order valence-electron chi connectivity index (χ0n) is 17.8. The minimum absolute atomic E-state index is 0.0398. The van der Waals surface area contributed by atoms with E-state index in [-0.39, 0.29) is 12.3 Å². The van der Waals surface area contributed by atoms with Crippen molar-refractivity contribution in [1.82, 2.24) is 15.3 Å². The number of aromatic amines is 1. The highest BCUT2D eigenvalue weighted by Crippen LogP contribution is 2.28. The first-order chi connectivity index (χ1) is 15.1. The number of carboxylic acids is 1. The molecule has 1 aromatic carbocycles. The smallest absolute Gasteiger partial charge is 0.303 e. The molecule has 0 unspecified atom stereocenters. The molecule has 0 bridgehead atoms. The monoisotopic (exact) mass is 421 g/mol. The summed E-state index contributed by atoms with van der Waals surface area (Å²) in [6.45, 7) is 5.02. The molecule has 3 aromatic rings. The van der Waals surface area contributed by atoms with E-state index in [1.165, 1.54) is 0 Å². The number of fused-ring (bicyclic) bond motifs is 1. The highest BCUT2D eigenvalue weighted by atomic mass is 16.5. The fraction of sp³-hybridized carbons (Fsp3) is 0.292. The number of nitrogens with one attached hydrogen (secondary N) is 2. The van der Waals surface area contributed by atoms with Crippen LogP contribution < -0.4 is 10.1 Å². The fourth-order valence-corrected chi connectivity index (χ4v) is 3.34. The molecular formula is C24H27N3O4. The van der Waals surface area contributed by atoms with Crippen LogP contribution in [0.15, 0.2) is 48.7 Å². The zero-order chi connectivity index (χ0) is 22.2. The van der Waals surface area contributed by atoms with Crippen molar-refractivity contribution >= 4 is 11.9 Å². The van der Waals surface area contributed by atoms with Crippen LogP contribution in [-0.4, -0.2) is 40.1 Å². The van der Waals surface area contributed by atoms with Crippen LogP contribution in [0.3, 0.4) is 0 Å². The van der Waals surface area contributed by atoms with Crippen LogP contribution in [0.25, 0.3) is 22.5 Å². The number of pyridine rings is 1. The molecular weight excluding hydrogens is 394 g/mol. The summed E-state index contributed by atoms with van der Waals surface area (Å²) in [6.07, 6.45) is 3.12. The number of carbonyl (C=O) groups excluding carboxylic acids is 1. The minimum atomic E-state index is -0.821. The zero-order valence-corrected chi connectivity index (χ0v) is 17.8. The van der Waals surface area contributed by atoms with Gasteiger partial charge in [0.2, 0.25) is 0 Å². The van der Waals surface area contributed by atoms with E-state index in [0.717, 1.165) is 34.6 Å². The van der Waals surface area contributed by atoms with E-state index in [9.17, 15) is 9.59 Å². The lowest BCUT2D eigenvalue weighted by atomic mass is 10.1. The van der Waals surface area contributed by atoms with Crippen molar-refractivity contribution < 1.29 is 19.4 Å². The molecule has 0 fully saturated rings. The van der Waals surface area contributed by atoms with Gasteiger partial charge in [0.25, 0.3) is 5.91 Å². The molecule has 0 radical (unpaired) electrons. The minimum Gasteiger partial charge on any atom is -0.494 e. The van der Waals surface area contributed by atoms with E-state index in [1.54, 1.807) is 6.20 Å². The lowest BCUT2D eigenvalue weighted by Gasteiger charge is -2.11. The van der Waals surface area contributed by atoms with E-state index < -0.39 is 5.97 Å². The second kappa shape index (κ2) is 10.4. The Morgan fingerprint density at radius 3 is 2.61 bits per heavy atom. The molecule has 0 aliphatic carbocycles. The van der Waals surface area contributed by atoms with Crippen molar-refractivity contribution in [2.45, 2.75) is 33.1 Å². The fourth-order valence-electron chi connectivity index (χ4n) is 3.34. The second-order valence-electron chi connectivity index (χ2n) is 6.88. The molecule has 3 N–H and O–H groups in total. The molecule has 0 saturated carbocycles. The number of rotatable bonds is 7. The Balaban J connectivity index is 0.00000132. The average molecular weight is 421 g/mol. The van der Waals surface area contributed by atoms with Crippen LogP contribution in [0, 0.1) is 0 Å². The first-order valence-electron chi connectivity index (χ1n) is 10.5. The highest BCUT2D eigenvalue weighted by Gasteiger charge is 2.20. The number of nitrogens with zero attached hydrogens (tertiary/aromatic N) is 1. The van der Waals surface area contributed by atoms with Crippen molar-refractivity contribution in [3.63, 3.8) is 0 Å². The molecule has 162 valence electrons. The molecule has 3 heterocycles. The first-order valence-corrected chi connectivity index (χ1v) is 10.5. The van der Waals surface area contributed by atoms with Gasteiger partial charge in [-0.1, -0.05) is 13.8 Å². The van der Waals surface area contributed by atoms with Crippen molar-refractivity contribution in [3.05, 3.63) is 59.9 Å². The van der Waals surface area contributed by atoms with Crippen LogP contribution in [0.5, 0.6) is 5.75 Å². The number of amides is 1. The predicted octanol–water partition coefficient (Wildman–Crippen LogP) is 4.30. The first kappa shape index (κ1) is 22.1. The van der Waals surface area contributed by atoms with Gasteiger partial charge in [0.1, 0.15) is 5.75 Å². The molecule has 0 atom stereocenters. The third-order valence-corrected chi connectivity index (χ3v) is 4.83. The molecule has 0 saturated heterocycles. The number of ether oxygens (including phenoxy) is 1. The quantitative estimate of drug-likeness (QED) is 0.494. The summed E-state index contributed by atoms with van der Waals surface area (Å²) in [4.78, 5) is 30.3. The van der Waals surface area contributed by atoms with Gasteiger partial charge in [-0.2, -0.15) is 0 Å². The van der Waals surface area contributed by atoms with Crippen molar-refractivity contribution in [2.24, 2.45) is 0 Å². The summed E-state index contributed by atoms with van der Waals surface area (Å²) in [5.41, 5.74) is 5.29. The standard InChI is InChI=1S/C22H21N3O4.C2H6/c26-21(27)2-1-11-29-16-5-3-14(4-6-16)19-12-15(7-9-23-19)20-13-17-18(25-20)8-10-24-22(17)28;1-2/h3-7,9,12-13,25H,1-2,8,10-11H2,(H,24,28)(H,26,27);1-2H3. The average Bonchev–Trinajstić information content (AvgIpc) is 3.24. The lowest BCUT2D eigenvalue weighted by Crippen LogP contribution is -2.31. The maximum atomic E-state index is 12.0. The van der Waals surface area contributed by atoms with Crippen LogP contribution in [-0.2, 0) is 11.2 Å². The van der Waals surface area contributed by atoms with E-state index in [0.29, 0.717) is 30.9 Å². The van der Waals surface area contributed by atoms with Gasteiger partial charge in [0.15, 0.2) is 0 Å². The van der Waals surface area contributed by atoms with Gasteiger partial charge >= 0.3 is 5.97 Å². The Morgan fingerprint density at radius 2 is 1.90 bits per heavy atom. The van der Waals surface area contributed by atoms with Gasteiger partial charge in [0, 0.05) is 48.1 Å². The Bertz CT molecular complexity index is 1040. The SMILES string of the molecule is CC.O=C(O)CCCOc1ccc(-c2cc(-c3cc4c([nH]3)CCNC4=O)ccn2)cc1. The van der Waals surface area contributed by atoms with E-state index in [2.05, 4.69) is 15.3 Å². The summed E-state index contributed by atoms with van der Waals surface area (Å²) in [5.74, 6) is -0.168. The summed E-state index contributed by atoms with van der Waals surface area (Å²) in [5, 5.41) is 11.5. The van der Waals surface area contributed by atoms with E-state index in [1.807, 2.05) is 56.3 Å². The number of benzene rings is 1. The summed E-state index contributed by atoms with van der Waals surface area (Å²) in [6, 6.07) is 13.3. The second-order valence-corrected chi connectivity index (χ2v) is 6.88. The maximum absolute atomic E-state index is 12.0. The summed E-state index contributed by atoms with van der Waals surface area (Å²) in [7, 11) is 0. The number of hydrogen-bond acceptors (Lipinski definition) is 4. The Morgan fingerprint density at radius 1 is 1.13 bits per heavy atom. The molecule has 2 aromatic heterocycles. The molecule has 1 aliphatic heterocycles. The molecule has 1 amide bonds. The lowest BCUT2D eigenvalue weighted by molar-refractivity contribution is -0.137. The van der Waals surface area contributed by atoms with Gasteiger partial charge in [0.05, 0.1) is 17.9 Å². The molecule has 7 heteroatoms. The Labute approximate surface area is 181 Å². The molecule has 4 rings (SSSR count). The number of carboxylic acid groups (broad SMARTS) is 1. The Kier molecular flexibility index (Phi) is 7.43. The highest BCUT2D eigenvalue weighted by molar-refractivity contribution is 5.97. The third kappa shape index (κ3) is 5.51. The molecule has 0 spiro atoms. The Hall–Kier alpha value is -3.61. The number of aromatic nitrogens is 2. The van der Waals surface area contributed by atoms with Crippen LogP contribution in [0.2, 0.25) is 0 Å². The molecule has 1 aliphatic rings. The normalized spacial score (nSPS) is 12.3. The largest absolute Gasteiger partial charge is 0.494 e. The summed E-state index contributed by atoms with van der Waals surface area (Å²) < 4.78 is 5.57. The molecule has 31 heavy (non-hydrogen) atoms. The number of hydrogen-bond donors (Lipinski definition) is 3. The topological polar surface area (TPSA) is 104 Å². The third-order valence-electron chi connectivity index (χ3n) is 4.83. The predicted molar refractivity (Wildman–Crippen MR) is 119 cm³/mol. The van der Waals surface area contributed by atoms with Crippen molar-refractivity contribution in [1.29, 1.82) is 0 Å².